The van der Waals surface area contributed by atoms with Gasteiger partial charge in [0.05, 0.1) is 0 Å². The zero-order valence-corrected chi connectivity index (χ0v) is 11.5. The molecular formula is C16H16N2O3. The first-order chi connectivity index (χ1) is 10.1. The Hall–Kier alpha value is -2.82. The van der Waals surface area contributed by atoms with Crippen LogP contribution in [0.25, 0.3) is 0 Å². The van der Waals surface area contributed by atoms with Gasteiger partial charge in [0, 0.05) is 5.69 Å². The highest BCUT2D eigenvalue weighted by atomic mass is 16.4. The molecule has 0 unspecified atom stereocenters. The number of rotatable bonds is 4. The van der Waals surface area contributed by atoms with Crippen molar-refractivity contribution in [2.45, 2.75) is 13.0 Å². The molecular weight excluding hydrogens is 268 g/mol. The molecule has 0 radical (unpaired) electrons. The third kappa shape index (κ3) is 4.07. The molecule has 2 amide bonds. The molecule has 0 heterocycles. The van der Waals surface area contributed by atoms with E-state index < -0.39 is 18.0 Å². The Bertz CT molecular complexity index is 641. The number of anilines is 1. The minimum absolute atomic E-state index is 0.518. The highest BCUT2D eigenvalue weighted by Gasteiger charge is 2.21. The second kappa shape index (κ2) is 6.56. The maximum absolute atomic E-state index is 11.9. The zero-order valence-electron chi connectivity index (χ0n) is 11.5. The summed E-state index contributed by atoms with van der Waals surface area (Å²) in [5.74, 6) is -1.11. The Morgan fingerprint density at radius 3 is 2.38 bits per heavy atom. The standard InChI is InChI=1S/C16H16N2O3/c1-11-6-5-9-13(10-11)17-16(21)18-14(15(19)20)12-7-3-2-4-8-12/h2-10,14H,1H3,(H,19,20)(H2,17,18,21)/t14-/m1/s1. The van der Waals surface area contributed by atoms with Gasteiger partial charge in [0.15, 0.2) is 6.04 Å². The number of carboxylic acid groups (broad SMARTS) is 1. The van der Waals surface area contributed by atoms with Crippen molar-refractivity contribution in [2.24, 2.45) is 0 Å². The molecule has 0 aliphatic rings. The molecule has 5 heteroatoms. The second-order valence-corrected chi connectivity index (χ2v) is 4.65. The first kappa shape index (κ1) is 14.6. The minimum Gasteiger partial charge on any atom is -0.479 e. The van der Waals surface area contributed by atoms with E-state index in [1.807, 2.05) is 19.1 Å². The molecule has 2 rings (SSSR count). The average molecular weight is 284 g/mol. The predicted molar refractivity (Wildman–Crippen MR) is 80.2 cm³/mol. The van der Waals surface area contributed by atoms with E-state index in [0.29, 0.717) is 11.3 Å². The van der Waals surface area contributed by atoms with Crippen LogP contribution in [-0.4, -0.2) is 17.1 Å². The monoisotopic (exact) mass is 284 g/mol. The molecule has 2 aromatic rings. The fraction of sp³-hybridized carbons (Fsp3) is 0.125. The fourth-order valence-electron chi connectivity index (χ4n) is 1.95. The van der Waals surface area contributed by atoms with Crippen molar-refractivity contribution >= 4 is 17.7 Å². The van der Waals surface area contributed by atoms with Crippen LogP contribution in [0.1, 0.15) is 17.2 Å². The SMILES string of the molecule is Cc1cccc(NC(=O)N[C@@H](C(=O)O)c2ccccc2)c1. The van der Waals surface area contributed by atoms with Gasteiger partial charge in [-0.15, -0.1) is 0 Å². The van der Waals surface area contributed by atoms with Gasteiger partial charge in [-0.3, -0.25) is 0 Å². The molecule has 0 fully saturated rings. The van der Waals surface area contributed by atoms with Crippen LogP contribution in [0.3, 0.4) is 0 Å². The van der Waals surface area contributed by atoms with Crippen LogP contribution in [0.5, 0.6) is 0 Å². The van der Waals surface area contributed by atoms with Gasteiger partial charge >= 0.3 is 12.0 Å². The molecule has 21 heavy (non-hydrogen) atoms. The van der Waals surface area contributed by atoms with Gasteiger partial charge in [0.2, 0.25) is 0 Å². The zero-order chi connectivity index (χ0) is 15.2. The molecule has 0 aliphatic carbocycles. The summed E-state index contributed by atoms with van der Waals surface area (Å²) in [4.78, 5) is 23.2. The number of aliphatic carboxylic acids is 1. The number of aryl methyl sites for hydroxylation is 1. The number of carbonyl (C=O) groups excluding carboxylic acids is 1. The van der Waals surface area contributed by atoms with Crippen molar-refractivity contribution in [1.82, 2.24) is 5.32 Å². The molecule has 3 N–H and O–H groups in total. The maximum atomic E-state index is 11.9. The van der Waals surface area contributed by atoms with Gasteiger partial charge in [-0.2, -0.15) is 0 Å². The lowest BCUT2D eigenvalue weighted by atomic mass is 10.1. The molecule has 1 atom stereocenters. The van der Waals surface area contributed by atoms with Gasteiger partial charge in [-0.25, -0.2) is 9.59 Å². The Morgan fingerprint density at radius 1 is 1.05 bits per heavy atom. The van der Waals surface area contributed by atoms with Crippen molar-refractivity contribution in [3.05, 3.63) is 65.7 Å². The highest BCUT2D eigenvalue weighted by Crippen LogP contribution is 2.14. The first-order valence-corrected chi connectivity index (χ1v) is 6.48. The molecule has 5 nitrogen and oxygen atoms in total. The predicted octanol–water partition coefficient (Wildman–Crippen LogP) is 2.94. The van der Waals surface area contributed by atoms with Gasteiger partial charge in [-0.1, -0.05) is 42.5 Å². The van der Waals surface area contributed by atoms with E-state index in [1.165, 1.54) is 0 Å². The molecule has 0 saturated carbocycles. The summed E-state index contributed by atoms with van der Waals surface area (Å²) in [7, 11) is 0. The molecule has 0 bridgehead atoms. The number of nitrogens with one attached hydrogen (secondary N) is 2. The third-order valence-electron chi connectivity index (χ3n) is 2.93. The maximum Gasteiger partial charge on any atom is 0.330 e. The van der Waals surface area contributed by atoms with Crippen molar-refractivity contribution in [3.63, 3.8) is 0 Å². The van der Waals surface area contributed by atoms with Crippen molar-refractivity contribution < 1.29 is 14.7 Å². The quantitative estimate of drug-likeness (QED) is 0.807. The number of hydrogen-bond donors (Lipinski definition) is 3. The van der Waals surface area contributed by atoms with Crippen LogP contribution >= 0.6 is 0 Å². The van der Waals surface area contributed by atoms with Crippen LogP contribution in [0, 0.1) is 6.92 Å². The van der Waals surface area contributed by atoms with Crippen LogP contribution in [0.4, 0.5) is 10.5 Å². The molecule has 2 aromatic carbocycles. The average Bonchev–Trinajstić information content (AvgIpc) is 2.45. The third-order valence-corrected chi connectivity index (χ3v) is 2.93. The number of carboxylic acids is 1. The van der Waals surface area contributed by atoms with Crippen LogP contribution in [0.2, 0.25) is 0 Å². The van der Waals surface area contributed by atoms with Gasteiger partial charge in [-0.05, 0) is 30.2 Å². The van der Waals surface area contributed by atoms with E-state index in [4.69, 9.17) is 0 Å². The van der Waals surface area contributed by atoms with Crippen molar-refractivity contribution in [1.29, 1.82) is 0 Å². The van der Waals surface area contributed by atoms with Crippen molar-refractivity contribution in [3.8, 4) is 0 Å². The Kier molecular flexibility index (Phi) is 4.56. The minimum atomic E-state index is -1.11. The Morgan fingerprint density at radius 2 is 1.76 bits per heavy atom. The lowest BCUT2D eigenvalue weighted by Gasteiger charge is -2.15. The molecule has 0 saturated heterocycles. The lowest BCUT2D eigenvalue weighted by molar-refractivity contribution is -0.139. The summed E-state index contributed by atoms with van der Waals surface area (Å²) in [5, 5.41) is 14.3. The number of carbonyl (C=O) groups is 2. The largest absolute Gasteiger partial charge is 0.479 e. The molecule has 108 valence electrons. The van der Waals surface area contributed by atoms with Crippen LogP contribution in [-0.2, 0) is 4.79 Å². The number of amides is 2. The number of hydrogen-bond acceptors (Lipinski definition) is 2. The van der Waals surface area contributed by atoms with Crippen molar-refractivity contribution in [2.75, 3.05) is 5.32 Å². The van der Waals surface area contributed by atoms with E-state index in [0.717, 1.165) is 5.56 Å². The summed E-state index contributed by atoms with van der Waals surface area (Å²) in [6.07, 6.45) is 0. The molecule has 0 aromatic heterocycles. The number of benzene rings is 2. The van der Waals surface area contributed by atoms with Crippen LogP contribution < -0.4 is 10.6 Å². The first-order valence-electron chi connectivity index (χ1n) is 6.48. The van der Waals surface area contributed by atoms with E-state index in [9.17, 15) is 14.7 Å². The molecule has 0 aliphatic heterocycles. The van der Waals surface area contributed by atoms with E-state index in [-0.39, 0.29) is 0 Å². The Balaban J connectivity index is 2.07. The smallest absolute Gasteiger partial charge is 0.330 e. The second-order valence-electron chi connectivity index (χ2n) is 4.65. The summed E-state index contributed by atoms with van der Waals surface area (Å²) in [6, 6.07) is 14.2. The van der Waals surface area contributed by atoms with Gasteiger partial charge in [0.25, 0.3) is 0 Å². The Labute approximate surface area is 122 Å². The summed E-state index contributed by atoms with van der Waals surface area (Å²) in [6.45, 7) is 1.91. The van der Waals surface area contributed by atoms with E-state index in [2.05, 4.69) is 10.6 Å². The van der Waals surface area contributed by atoms with E-state index in [1.54, 1.807) is 42.5 Å². The summed E-state index contributed by atoms with van der Waals surface area (Å²) >= 11 is 0. The van der Waals surface area contributed by atoms with Gasteiger partial charge < -0.3 is 15.7 Å². The van der Waals surface area contributed by atoms with E-state index >= 15 is 0 Å². The lowest BCUT2D eigenvalue weighted by Crippen LogP contribution is -2.36. The van der Waals surface area contributed by atoms with Gasteiger partial charge in [0.1, 0.15) is 0 Å². The summed E-state index contributed by atoms with van der Waals surface area (Å²) < 4.78 is 0. The number of urea groups is 1. The highest BCUT2D eigenvalue weighted by molar-refractivity contribution is 5.92. The molecule has 0 spiro atoms. The van der Waals surface area contributed by atoms with Crippen LogP contribution in [0.15, 0.2) is 54.6 Å². The normalized spacial score (nSPS) is 11.5. The fourth-order valence-corrected chi connectivity index (χ4v) is 1.95. The summed E-state index contributed by atoms with van der Waals surface area (Å²) in [5.41, 5.74) is 2.14. The topological polar surface area (TPSA) is 78.4 Å².